The molecule has 1 N–H and O–H groups in total. The van der Waals surface area contributed by atoms with Crippen LogP contribution in [0.25, 0.3) is 0 Å². The molecule has 0 fully saturated rings. The van der Waals surface area contributed by atoms with Gasteiger partial charge in [0, 0.05) is 9.37 Å². The molecule has 0 bridgehead atoms. The van der Waals surface area contributed by atoms with Crippen molar-refractivity contribution < 1.29 is 18.0 Å². The number of benzene rings is 1. The number of carbonyl (C=O) groups is 1. The molecule has 0 aromatic heterocycles. The predicted molar refractivity (Wildman–Crippen MR) is 60.3 cm³/mol. The lowest BCUT2D eigenvalue weighted by Crippen LogP contribution is -2.30. The molecule has 0 atom stereocenters. The van der Waals surface area contributed by atoms with Crippen LogP contribution in [0.4, 0.5) is 18.9 Å². The largest absolute Gasteiger partial charge is 0.471 e. The number of carbonyl (C=O) groups excluding carboxylic acids is 1. The molecule has 17 heavy (non-hydrogen) atoms. The van der Waals surface area contributed by atoms with E-state index in [0.717, 1.165) is 11.8 Å². The van der Waals surface area contributed by atoms with E-state index in [4.69, 9.17) is 5.26 Å². The van der Waals surface area contributed by atoms with Gasteiger partial charge in [-0.15, -0.1) is 0 Å². The minimum Gasteiger partial charge on any atom is -0.317 e. The number of anilines is 1. The third kappa shape index (κ3) is 3.94. The highest BCUT2D eigenvalue weighted by Gasteiger charge is 2.38. The lowest BCUT2D eigenvalue weighted by molar-refractivity contribution is -0.167. The Morgan fingerprint density at radius 2 is 2.12 bits per heavy atom. The smallest absolute Gasteiger partial charge is 0.317 e. The van der Waals surface area contributed by atoms with E-state index in [2.05, 4.69) is 15.9 Å². The van der Waals surface area contributed by atoms with Crippen LogP contribution in [0.3, 0.4) is 0 Å². The van der Waals surface area contributed by atoms with E-state index in [1.165, 1.54) is 18.2 Å². The summed E-state index contributed by atoms with van der Waals surface area (Å²) >= 11 is 3.87. The van der Waals surface area contributed by atoms with Crippen LogP contribution in [-0.2, 0) is 4.79 Å². The van der Waals surface area contributed by atoms with Crippen LogP contribution in [0.5, 0.6) is 0 Å². The Hall–Kier alpha value is -1.20. The summed E-state index contributed by atoms with van der Waals surface area (Å²) in [4.78, 5) is 11.2. The summed E-state index contributed by atoms with van der Waals surface area (Å²) in [5.74, 6) is -2.04. The van der Waals surface area contributed by atoms with E-state index in [1.54, 1.807) is 5.32 Å². The standard InChI is InChI=1S/C9H4BrF3N2OS/c10-6-3-5(17-4-14)1-2-7(6)15-8(16)9(11,12)13/h1-3H,(H,15,16). The zero-order chi connectivity index (χ0) is 13.1. The van der Waals surface area contributed by atoms with Crippen molar-refractivity contribution in [3.8, 4) is 5.40 Å². The maximum atomic E-state index is 12.0. The van der Waals surface area contributed by atoms with E-state index in [0.29, 0.717) is 4.90 Å². The van der Waals surface area contributed by atoms with Crippen LogP contribution in [0, 0.1) is 10.7 Å². The number of nitrogens with one attached hydrogen (secondary N) is 1. The second-order valence-corrected chi connectivity index (χ2v) is 4.50. The Labute approximate surface area is 107 Å². The van der Waals surface area contributed by atoms with E-state index in [1.807, 2.05) is 5.40 Å². The Morgan fingerprint density at radius 1 is 1.47 bits per heavy atom. The number of amides is 1. The summed E-state index contributed by atoms with van der Waals surface area (Å²) in [7, 11) is 0. The molecule has 1 amide bonds. The highest BCUT2D eigenvalue weighted by Crippen LogP contribution is 2.29. The van der Waals surface area contributed by atoms with Gasteiger partial charge in [-0.25, -0.2) is 0 Å². The van der Waals surface area contributed by atoms with Crippen LogP contribution < -0.4 is 5.32 Å². The van der Waals surface area contributed by atoms with E-state index in [-0.39, 0.29) is 10.2 Å². The minimum atomic E-state index is -4.93. The zero-order valence-electron chi connectivity index (χ0n) is 8.01. The molecule has 0 aliphatic rings. The molecule has 3 nitrogen and oxygen atoms in total. The molecule has 1 aromatic carbocycles. The Balaban J connectivity index is 2.87. The number of alkyl halides is 3. The number of halogens is 4. The molecule has 0 radical (unpaired) electrons. The predicted octanol–water partition coefficient (Wildman–Crippen LogP) is 3.52. The Kier molecular flexibility index (Phi) is 4.42. The van der Waals surface area contributed by atoms with Crippen molar-refractivity contribution in [2.75, 3.05) is 5.32 Å². The van der Waals surface area contributed by atoms with Crippen LogP contribution in [0.1, 0.15) is 0 Å². The van der Waals surface area contributed by atoms with Crippen LogP contribution in [0.15, 0.2) is 27.6 Å². The molecule has 0 unspecified atom stereocenters. The summed E-state index contributed by atoms with van der Waals surface area (Å²) in [6.07, 6.45) is -4.93. The monoisotopic (exact) mass is 324 g/mol. The first kappa shape index (κ1) is 13.9. The summed E-state index contributed by atoms with van der Waals surface area (Å²) in [5.41, 5.74) is -0.00499. The third-order valence-electron chi connectivity index (χ3n) is 1.61. The first-order chi connectivity index (χ1) is 7.84. The van der Waals surface area contributed by atoms with Crippen molar-refractivity contribution in [2.24, 2.45) is 0 Å². The van der Waals surface area contributed by atoms with Crippen LogP contribution in [0.2, 0.25) is 0 Å². The molecule has 90 valence electrons. The second-order valence-electron chi connectivity index (χ2n) is 2.79. The van der Waals surface area contributed by atoms with E-state index < -0.39 is 12.1 Å². The molecule has 1 rings (SSSR count). The maximum Gasteiger partial charge on any atom is 0.471 e. The maximum absolute atomic E-state index is 12.0. The topological polar surface area (TPSA) is 52.9 Å². The van der Waals surface area contributed by atoms with Gasteiger partial charge in [0.15, 0.2) is 0 Å². The van der Waals surface area contributed by atoms with Crippen molar-refractivity contribution in [3.63, 3.8) is 0 Å². The van der Waals surface area contributed by atoms with Gasteiger partial charge in [0.1, 0.15) is 5.40 Å². The number of nitrogens with zero attached hydrogens (tertiary/aromatic N) is 1. The summed E-state index contributed by atoms with van der Waals surface area (Å²) in [5, 5.41) is 12.0. The number of hydrogen-bond acceptors (Lipinski definition) is 3. The van der Waals surface area contributed by atoms with E-state index in [9.17, 15) is 18.0 Å². The lowest BCUT2D eigenvalue weighted by Gasteiger charge is -2.09. The molecular formula is C9H4BrF3N2OS. The van der Waals surface area contributed by atoms with Gasteiger partial charge < -0.3 is 5.32 Å². The first-order valence-corrected chi connectivity index (χ1v) is 5.69. The average Bonchev–Trinajstić information content (AvgIpc) is 2.21. The van der Waals surface area contributed by atoms with Crippen molar-refractivity contribution in [3.05, 3.63) is 22.7 Å². The molecule has 0 aliphatic carbocycles. The highest BCUT2D eigenvalue weighted by atomic mass is 79.9. The van der Waals surface area contributed by atoms with Gasteiger partial charge in [0.2, 0.25) is 0 Å². The zero-order valence-corrected chi connectivity index (χ0v) is 10.4. The van der Waals surface area contributed by atoms with Gasteiger partial charge >= 0.3 is 12.1 Å². The highest BCUT2D eigenvalue weighted by molar-refractivity contribution is 9.10. The first-order valence-electron chi connectivity index (χ1n) is 4.08. The molecule has 0 saturated heterocycles. The van der Waals surface area contributed by atoms with Gasteiger partial charge in [-0.2, -0.15) is 18.4 Å². The summed E-state index contributed by atoms with van der Waals surface area (Å²) in [6, 6.07) is 4.16. The number of thioether (sulfide) groups is 1. The number of thiocyanates is 1. The number of nitriles is 1. The Morgan fingerprint density at radius 3 is 2.59 bits per heavy atom. The van der Waals surface area contributed by atoms with E-state index >= 15 is 0 Å². The van der Waals surface area contributed by atoms with Crippen molar-refractivity contribution in [1.82, 2.24) is 0 Å². The third-order valence-corrected chi connectivity index (χ3v) is 2.85. The SMILES string of the molecule is N#CSc1ccc(NC(=O)C(F)(F)F)c(Br)c1. The molecular weight excluding hydrogens is 321 g/mol. The molecule has 1 aromatic rings. The quantitative estimate of drug-likeness (QED) is 0.669. The number of hydrogen-bond donors (Lipinski definition) is 1. The lowest BCUT2D eigenvalue weighted by atomic mass is 10.3. The summed E-state index contributed by atoms with van der Waals surface area (Å²) < 4.78 is 36.2. The van der Waals surface area contributed by atoms with Crippen LogP contribution >= 0.6 is 27.7 Å². The number of rotatable bonds is 2. The fourth-order valence-electron chi connectivity index (χ4n) is 0.907. The van der Waals surface area contributed by atoms with Gasteiger partial charge in [-0.1, -0.05) is 0 Å². The average molecular weight is 325 g/mol. The molecule has 0 spiro atoms. The van der Waals surface area contributed by atoms with Gasteiger partial charge in [-0.05, 0) is 45.9 Å². The molecule has 0 saturated carbocycles. The molecule has 0 heterocycles. The van der Waals surface area contributed by atoms with Gasteiger partial charge in [0.05, 0.1) is 5.69 Å². The molecule has 8 heteroatoms. The normalized spacial score (nSPS) is 10.8. The second kappa shape index (κ2) is 5.42. The fraction of sp³-hybridized carbons (Fsp3) is 0.111. The fourth-order valence-corrected chi connectivity index (χ4v) is 1.95. The van der Waals surface area contributed by atoms with Gasteiger partial charge in [-0.3, -0.25) is 4.79 Å². The molecule has 0 aliphatic heterocycles. The van der Waals surface area contributed by atoms with Crippen molar-refractivity contribution >= 4 is 39.3 Å². The van der Waals surface area contributed by atoms with Gasteiger partial charge in [0.25, 0.3) is 0 Å². The minimum absolute atomic E-state index is 0.00499. The van der Waals surface area contributed by atoms with Crippen LogP contribution in [-0.4, -0.2) is 12.1 Å². The van der Waals surface area contributed by atoms with Crippen molar-refractivity contribution in [1.29, 1.82) is 5.26 Å². The Bertz CT molecular complexity index is 484. The van der Waals surface area contributed by atoms with Crippen molar-refractivity contribution in [2.45, 2.75) is 11.1 Å². The summed E-state index contributed by atoms with van der Waals surface area (Å²) in [6.45, 7) is 0.